The lowest BCUT2D eigenvalue weighted by atomic mass is 10.0. The molecular weight excluding hydrogens is 267 g/mol. The van der Waals surface area contributed by atoms with Crippen molar-refractivity contribution in [2.75, 3.05) is 20.3 Å². The number of hydrogen-bond donors (Lipinski definition) is 1. The molecule has 1 aromatic carbocycles. The maximum Gasteiger partial charge on any atom is 0.416 e. The van der Waals surface area contributed by atoms with Crippen molar-refractivity contribution in [3.05, 3.63) is 35.4 Å². The highest BCUT2D eigenvalue weighted by Crippen LogP contribution is 2.30. The Hall–Kier alpha value is -1.07. The molecule has 0 bridgehead atoms. The van der Waals surface area contributed by atoms with Crippen LogP contribution in [0.4, 0.5) is 13.2 Å². The predicted octanol–water partition coefficient (Wildman–Crippen LogP) is 4.03. The Morgan fingerprint density at radius 1 is 1.25 bits per heavy atom. The van der Waals surface area contributed by atoms with E-state index < -0.39 is 11.7 Å². The molecule has 1 atom stereocenters. The molecule has 0 saturated heterocycles. The zero-order valence-electron chi connectivity index (χ0n) is 12.1. The van der Waals surface area contributed by atoms with Gasteiger partial charge in [0, 0.05) is 6.61 Å². The van der Waals surface area contributed by atoms with Crippen LogP contribution in [0.3, 0.4) is 0 Å². The number of alkyl halides is 3. The second kappa shape index (κ2) is 7.64. The molecule has 2 nitrogen and oxygen atoms in total. The summed E-state index contributed by atoms with van der Waals surface area (Å²) in [6.45, 7) is 5.19. The fourth-order valence-electron chi connectivity index (χ4n) is 1.80. The van der Waals surface area contributed by atoms with Gasteiger partial charge in [0.1, 0.15) is 0 Å². The highest BCUT2D eigenvalue weighted by Gasteiger charge is 2.30. The Bertz CT molecular complexity index is 404. The number of likely N-dealkylation sites (N-methyl/N-ethyl adjacent to an activating group) is 1. The molecule has 1 rings (SSSR count). The van der Waals surface area contributed by atoms with E-state index in [0.29, 0.717) is 24.7 Å². The molecule has 0 aliphatic rings. The average molecular weight is 289 g/mol. The zero-order valence-corrected chi connectivity index (χ0v) is 12.1. The van der Waals surface area contributed by atoms with Gasteiger partial charge in [0.2, 0.25) is 0 Å². The van der Waals surface area contributed by atoms with Gasteiger partial charge in [-0.1, -0.05) is 26.0 Å². The zero-order chi connectivity index (χ0) is 15.2. The molecule has 0 saturated carbocycles. The quantitative estimate of drug-likeness (QED) is 0.765. The SMILES string of the molecule is CNC(COCCC(C)C)c1cccc(C(F)(F)F)c1. The number of benzene rings is 1. The van der Waals surface area contributed by atoms with Gasteiger partial charge >= 0.3 is 6.18 Å². The van der Waals surface area contributed by atoms with Gasteiger partial charge in [0.25, 0.3) is 0 Å². The van der Waals surface area contributed by atoms with E-state index in [4.69, 9.17) is 4.74 Å². The van der Waals surface area contributed by atoms with Gasteiger partial charge in [-0.3, -0.25) is 0 Å². The summed E-state index contributed by atoms with van der Waals surface area (Å²) in [4.78, 5) is 0. The number of halogens is 3. The fourth-order valence-corrected chi connectivity index (χ4v) is 1.80. The van der Waals surface area contributed by atoms with E-state index in [-0.39, 0.29) is 6.04 Å². The Balaban J connectivity index is 2.65. The van der Waals surface area contributed by atoms with Gasteiger partial charge in [0.15, 0.2) is 0 Å². The van der Waals surface area contributed by atoms with Crippen molar-refractivity contribution < 1.29 is 17.9 Å². The first-order chi connectivity index (χ1) is 9.34. The van der Waals surface area contributed by atoms with Crippen molar-refractivity contribution >= 4 is 0 Å². The lowest BCUT2D eigenvalue weighted by molar-refractivity contribution is -0.137. The van der Waals surface area contributed by atoms with Gasteiger partial charge in [-0.15, -0.1) is 0 Å². The van der Waals surface area contributed by atoms with E-state index in [2.05, 4.69) is 19.2 Å². The fraction of sp³-hybridized carbons (Fsp3) is 0.600. The van der Waals surface area contributed by atoms with E-state index >= 15 is 0 Å². The summed E-state index contributed by atoms with van der Waals surface area (Å²) in [5, 5.41) is 2.99. The van der Waals surface area contributed by atoms with Crippen molar-refractivity contribution in [3.63, 3.8) is 0 Å². The van der Waals surface area contributed by atoms with Crippen LogP contribution in [-0.2, 0) is 10.9 Å². The summed E-state index contributed by atoms with van der Waals surface area (Å²) < 4.78 is 43.6. The number of ether oxygens (including phenoxy) is 1. The molecule has 0 aliphatic carbocycles. The number of hydrogen-bond acceptors (Lipinski definition) is 2. The van der Waals surface area contributed by atoms with E-state index in [1.807, 2.05) is 0 Å². The standard InChI is InChI=1S/C15H22F3NO/c1-11(2)7-8-20-10-14(19-3)12-5-4-6-13(9-12)15(16,17)18/h4-6,9,11,14,19H,7-8,10H2,1-3H3. The lowest BCUT2D eigenvalue weighted by Gasteiger charge is -2.18. The molecule has 1 N–H and O–H groups in total. The Morgan fingerprint density at radius 3 is 2.50 bits per heavy atom. The van der Waals surface area contributed by atoms with Crippen molar-refractivity contribution in [1.82, 2.24) is 5.32 Å². The van der Waals surface area contributed by atoms with Crippen LogP contribution in [0.5, 0.6) is 0 Å². The van der Waals surface area contributed by atoms with Crippen LogP contribution in [0.1, 0.15) is 37.4 Å². The Labute approximate surface area is 118 Å². The van der Waals surface area contributed by atoms with Gasteiger partial charge in [-0.25, -0.2) is 0 Å². The summed E-state index contributed by atoms with van der Waals surface area (Å²) in [6.07, 6.45) is -3.37. The molecule has 5 heteroatoms. The Morgan fingerprint density at radius 2 is 1.95 bits per heavy atom. The molecular formula is C15H22F3NO. The number of nitrogens with one attached hydrogen (secondary N) is 1. The molecule has 0 aromatic heterocycles. The molecule has 1 unspecified atom stereocenters. The number of rotatable bonds is 7. The molecule has 114 valence electrons. The summed E-state index contributed by atoms with van der Waals surface area (Å²) in [5.74, 6) is 0.552. The first kappa shape index (κ1) is 17.0. The average Bonchev–Trinajstić information content (AvgIpc) is 2.38. The van der Waals surface area contributed by atoms with Gasteiger partial charge in [-0.2, -0.15) is 13.2 Å². The van der Waals surface area contributed by atoms with E-state index in [1.165, 1.54) is 12.1 Å². The molecule has 0 spiro atoms. The Kier molecular flexibility index (Phi) is 6.49. The molecule has 1 aromatic rings. The summed E-state index contributed by atoms with van der Waals surface area (Å²) in [7, 11) is 1.72. The molecule has 0 fully saturated rings. The normalized spacial score (nSPS) is 13.8. The van der Waals surface area contributed by atoms with Crippen LogP contribution < -0.4 is 5.32 Å². The molecule has 0 aliphatic heterocycles. The van der Waals surface area contributed by atoms with E-state index in [9.17, 15) is 13.2 Å². The molecule has 20 heavy (non-hydrogen) atoms. The summed E-state index contributed by atoms with van der Waals surface area (Å²) in [6, 6.07) is 5.13. The minimum absolute atomic E-state index is 0.232. The topological polar surface area (TPSA) is 21.3 Å². The first-order valence-corrected chi connectivity index (χ1v) is 6.76. The van der Waals surface area contributed by atoms with Crippen molar-refractivity contribution in [2.24, 2.45) is 5.92 Å². The van der Waals surface area contributed by atoms with Crippen LogP contribution in [0.15, 0.2) is 24.3 Å². The molecule has 0 radical (unpaired) electrons. The van der Waals surface area contributed by atoms with Crippen LogP contribution in [0.2, 0.25) is 0 Å². The maximum atomic E-state index is 12.7. The third kappa shape index (κ3) is 5.51. The second-order valence-electron chi connectivity index (χ2n) is 5.22. The third-order valence-corrected chi connectivity index (χ3v) is 3.09. The highest BCUT2D eigenvalue weighted by atomic mass is 19.4. The summed E-state index contributed by atoms with van der Waals surface area (Å²) >= 11 is 0. The monoisotopic (exact) mass is 289 g/mol. The van der Waals surface area contributed by atoms with E-state index in [0.717, 1.165) is 12.5 Å². The van der Waals surface area contributed by atoms with Crippen LogP contribution in [0.25, 0.3) is 0 Å². The second-order valence-corrected chi connectivity index (χ2v) is 5.22. The lowest BCUT2D eigenvalue weighted by Crippen LogP contribution is -2.22. The van der Waals surface area contributed by atoms with E-state index in [1.54, 1.807) is 13.1 Å². The minimum atomic E-state index is -4.31. The predicted molar refractivity (Wildman–Crippen MR) is 73.5 cm³/mol. The van der Waals surface area contributed by atoms with Crippen molar-refractivity contribution in [1.29, 1.82) is 0 Å². The smallest absolute Gasteiger partial charge is 0.379 e. The third-order valence-electron chi connectivity index (χ3n) is 3.09. The van der Waals surface area contributed by atoms with Crippen LogP contribution >= 0.6 is 0 Å². The van der Waals surface area contributed by atoms with Crippen molar-refractivity contribution in [2.45, 2.75) is 32.5 Å². The first-order valence-electron chi connectivity index (χ1n) is 6.76. The van der Waals surface area contributed by atoms with Gasteiger partial charge in [-0.05, 0) is 37.1 Å². The summed E-state index contributed by atoms with van der Waals surface area (Å²) in [5.41, 5.74) is -0.0377. The van der Waals surface area contributed by atoms with Crippen molar-refractivity contribution in [3.8, 4) is 0 Å². The van der Waals surface area contributed by atoms with Crippen LogP contribution in [0, 0.1) is 5.92 Å². The molecule has 0 heterocycles. The largest absolute Gasteiger partial charge is 0.416 e. The minimum Gasteiger partial charge on any atom is -0.379 e. The van der Waals surface area contributed by atoms with Crippen LogP contribution in [-0.4, -0.2) is 20.3 Å². The maximum absolute atomic E-state index is 12.7. The van der Waals surface area contributed by atoms with Gasteiger partial charge in [0.05, 0.1) is 18.2 Å². The van der Waals surface area contributed by atoms with Gasteiger partial charge < -0.3 is 10.1 Å². The molecule has 0 amide bonds. The highest BCUT2D eigenvalue weighted by molar-refractivity contribution is 5.28.